The van der Waals surface area contributed by atoms with E-state index < -0.39 is 5.03 Å². The van der Waals surface area contributed by atoms with Crippen molar-refractivity contribution in [2.45, 2.75) is 0 Å². The van der Waals surface area contributed by atoms with Crippen molar-refractivity contribution in [2.75, 3.05) is 0 Å². The van der Waals surface area contributed by atoms with E-state index in [1.54, 1.807) is 12.1 Å². The summed E-state index contributed by atoms with van der Waals surface area (Å²) in [6.07, 6.45) is 1.28. The van der Waals surface area contributed by atoms with Crippen molar-refractivity contribution in [3.63, 3.8) is 0 Å². The van der Waals surface area contributed by atoms with Crippen molar-refractivity contribution >= 4 is 0 Å². The van der Waals surface area contributed by atoms with Gasteiger partial charge in [-0.1, -0.05) is 18.2 Å². The minimum absolute atomic E-state index is 0. The first-order chi connectivity index (χ1) is 6.77. The number of para-hydroxylation sites is 1. The van der Waals surface area contributed by atoms with Gasteiger partial charge in [0.2, 0.25) is 0 Å². The van der Waals surface area contributed by atoms with E-state index in [9.17, 15) is 10.1 Å². The van der Waals surface area contributed by atoms with Crippen LogP contribution < -0.4 is 17.1 Å². The summed E-state index contributed by atoms with van der Waals surface area (Å²) >= 11 is 0. The molecule has 0 radical (unpaired) electrons. The van der Waals surface area contributed by atoms with Gasteiger partial charge in [-0.15, -0.1) is 0 Å². The van der Waals surface area contributed by atoms with Gasteiger partial charge in [0.25, 0.3) is 10.1 Å². The third kappa shape index (κ3) is 2.26. The molecule has 2 aromatic rings. The zero-order chi connectivity index (χ0) is 9.97. The number of aromatic nitrogens is 4. The Morgan fingerprint density at radius 3 is 2.53 bits per heavy atom. The fourth-order valence-electron chi connectivity index (χ4n) is 1.00. The average molecular weight is 228 g/mol. The number of halogens is 1. The quantitative estimate of drug-likeness (QED) is 0.304. The molecule has 1 aromatic heterocycles. The highest BCUT2D eigenvalue weighted by atomic mass is 35.5. The van der Waals surface area contributed by atoms with Gasteiger partial charge in [-0.25, -0.2) is 0 Å². The second kappa shape index (κ2) is 4.47. The van der Waals surface area contributed by atoms with Crippen LogP contribution in [-0.4, -0.2) is 20.2 Å². The Hall–Kier alpha value is -2.02. The Morgan fingerprint density at radius 2 is 2.00 bits per heavy atom. The van der Waals surface area contributed by atoms with Gasteiger partial charge in [0.05, 0.1) is 5.03 Å². The van der Waals surface area contributed by atoms with Crippen LogP contribution in [-0.2, 0) is 0 Å². The summed E-state index contributed by atoms with van der Waals surface area (Å²) in [5, 5.41) is 16.6. The van der Waals surface area contributed by atoms with Crippen molar-refractivity contribution < 1.29 is 22.1 Å². The number of nitro groups is 1. The second-order valence-corrected chi connectivity index (χ2v) is 2.51. The maximum absolute atomic E-state index is 10.3. The van der Waals surface area contributed by atoms with Gasteiger partial charge in [0.1, 0.15) is 10.8 Å². The summed E-state index contributed by atoms with van der Waals surface area (Å²) in [5.41, 5.74) is 0.723. The van der Waals surface area contributed by atoms with Crippen LogP contribution in [0.5, 0.6) is 0 Å². The van der Waals surface area contributed by atoms with E-state index in [4.69, 9.17) is 0 Å². The maximum atomic E-state index is 10.3. The summed E-state index contributed by atoms with van der Waals surface area (Å²) in [6, 6.07) is 9.03. The zero-order valence-electron chi connectivity index (χ0n) is 7.39. The van der Waals surface area contributed by atoms with Gasteiger partial charge in [0.15, 0.2) is 0 Å². The van der Waals surface area contributed by atoms with E-state index in [0.717, 1.165) is 5.69 Å². The summed E-state index contributed by atoms with van der Waals surface area (Å²) in [7, 11) is 0. The van der Waals surface area contributed by atoms with Crippen LogP contribution in [0.15, 0.2) is 36.7 Å². The molecule has 0 saturated carbocycles. The molecule has 0 amide bonds. The molecule has 0 aliphatic heterocycles. The van der Waals surface area contributed by atoms with Crippen molar-refractivity contribution in [1.29, 1.82) is 0 Å². The monoisotopic (exact) mass is 227 g/mol. The molecule has 15 heavy (non-hydrogen) atoms. The molecule has 0 aliphatic carbocycles. The highest BCUT2D eigenvalue weighted by Crippen LogP contribution is 1.94. The Bertz CT molecular complexity index is 457. The van der Waals surface area contributed by atoms with Gasteiger partial charge in [-0.05, 0) is 16.8 Å². The molecule has 0 fully saturated rings. The molecule has 78 valence electrons. The molecule has 0 spiro atoms. The standard InChI is InChI=1S/C7H6N5O2.ClH/c13-12(14)11-8-6-10(9-11)7-4-2-1-3-5-7;/h1-6H;1H/q+1;/p-1. The highest BCUT2D eigenvalue weighted by Gasteiger charge is 2.16. The molecule has 0 unspecified atom stereocenters. The molecule has 0 saturated heterocycles. The van der Waals surface area contributed by atoms with Gasteiger partial charge in [-0.3, -0.25) is 0 Å². The van der Waals surface area contributed by atoms with E-state index in [-0.39, 0.29) is 12.4 Å². The van der Waals surface area contributed by atoms with E-state index in [1.807, 2.05) is 18.2 Å². The lowest BCUT2D eigenvalue weighted by atomic mass is 10.3. The predicted molar refractivity (Wildman–Crippen MR) is 43.9 cm³/mol. The molecule has 7 nitrogen and oxygen atoms in total. The summed E-state index contributed by atoms with van der Waals surface area (Å²) in [5.74, 6) is 0. The first kappa shape index (κ1) is 11.1. The number of rotatable bonds is 2. The fourth-order valence-corrected chi connectivity index (χ4v) is 1.00. The molecule has 1 aromatic carbocycles. The third-order valence-corrected chi connectivity index (χ3v) is 1.61. The van der Waals surface area contributed by atoms with E-state index in [1.165, 1.54) is 11.0 Å². The molecular weight excluding hydrogens is 222 g/mol. The molecule has 8 heteroatoms. The largest absolute Gasteiger partial charge is 1.00 e. The van der Waals surface area contributed by atoms with Crippen LogP contribution in [0.2, 0.25) is 0 Å². The van der Waals surface area contributed by atoms with Crippen LogP contribution in [0.4, 0.5) is 0 Å². The van der Waals surface area contributed by atoms with E-state index in [2.05, 4.69) is 10.3 Å². The normalized spacial score (nSPS) is 9.33. The molecule has 0 bridgehead atoms. The van der Waals surface area contributed by atoms with Crippen LogP contribution in [0.3, 0.4) is 0 Å². The van der Waals surface area contributed by atoms with Crippen LogP contribution in [0.1, 0.15) is 0 Å². The van der Waals surface area contributed by atoms with Crippen molar-refractivity contribution in [3.05, 3.63) is 46.8 Å². The molecule has 2 rings (SSSR count). The Kier molecular flexibility index (Phi) is 3.29. The number of nitrogens with zero attached hydrogens (tertiary/aromatic N) is 5. The highest BCUT2D eigenvalue weighted by molar-refractivity contribution is 5.20. The smallest absolute Gasteiger partial charge is 0.310 e. The lowest BCUT2D eigenvalue weighted by molar-refractivity contribution is -0.688. The molecular formula is C7H6ClN5O2. The molecule has 0 atom stereocenters. The molecule has 0 aliphatic rings. The van der Waals surface area contributed by atoms with Crippen LogP contribution in [0, 0.1) is 10.1 Å². The van der Waals surface area contributed by atoms with E-state index >= 15 is 0 Å². The predicted octanol–water partition coefficient (Wildman–Crippen LogP) is -3.40. The van der Waals surface area contributed by atoms with Gasteiger partial charge in [-0.2, -0.15) is 0 Å². The van der Waals surface area contributed by atoms with Crippen molar-refractivity contribution in [1.82, 2.24) is 15.2 Å². The van der Waals surface area contributed by atoms with Crippen LogP contribution >= 0.6 is 0 Å². The number of tetrazole rings is 1. The maximum Gasteiger partial charge on any atom is 0.310 e. The van der Waals surface area contributed by atoms with Crippen LogP contribution in [0.25, 0.3) is 5.69 Å². The first-order valence-corrected chi connectivity index (χ1v) is 3.82. The third-order valence-electron chi connectivity index (χ3n) is 1.61. The van der Waals surface area contributed by atoms with Gasteiger partial charge < -0.3 is 22.5 Å². The molecule has 1 heterocycles. The van der Waals surface area contributed by atoms with Gasteiger partial charge in [0, 0.05) is 0 Å². The number of hydrogen-bond acceptors (Lipinski definition) is 4. The Morgan fingerprint density at radius 1 is 1.33 bits per heavy atom. The minimum Gasteiger partial charge on any atom is -1.00 e. The zero-order valence-corrected chi connectivity index (χ0v) is 8.15. The summed E-state index contributed by atoms with van der Waals surface area (Å²) < 4.78 is 1.32. The average Bonchev–Trinajstić information content (AvgIpc) is 2.68. The lowest BCUT2D eigenvalue weighted by Gasteiger charge is -1.87. The summed E-state index contributed by atoms with van der Waals surface area (Å²) in [4.78, 5) is 10.7. The van der Waals surface area contributed by atoms with Crippen molar-refractivity contribution in [2.24, 2.45) is 0 Å². The Balaban J connectivity index is 0.00000112. The first-order valence-electron chi connectivity index (χ1n) is 3.82. The molecule has 0 N–H and O–H groups in total. The lowest BCUT2D eigenvalue weighted by Crippen LogP contribution is -3.00. The number of benzene rings is 1. The number of hydrogen-bond donors (Lipinski definition) is 0. The van der Waals surface area contributed by atoms with E-state index in [0.29, 0.717) is 4.91 Å². The fraction of sp³-hybridized carbons (Fsp3) is 0. The SMILES string of the molecule is O=[N+]([O-])n1nc[n+](-c2ccccc2)n1.[Cl-]. The second-order valence-electron chi connectivity index (χ2n) is 2.51. The van der Waals surface area contributed by atoms with Gasteiger partial charge >= 0.3 is 6.33 Å². The Labute approximate surface area is 90.5 Å². The van der Waals surface area contributed by atoms with Crippen molar-refractivity contribution in [3.8, 4) is 5.69 Å². The topological polar surface area (TPSA) is 77.7 Å². The minimum atomic E-state index is -0.709. The summed E-state index contributed by atoms with van der Waals surface area (Å²) in [6.45, 7) is 0.